The average molecular weight is 451 g/mol. The van der Waals surface area contributed by atoms with Crippen LogP contribution in [0.2, 0.25) is 0 Å². The standard InChI is InChI=1S/C19H19BrN2O4S/c1-21-12-11-16(23)15-9-7-13-8-10-17(18(20)19(13)22-15)26-27(24,25)14-5-3-2-4-6-14/h2-10,16,21,23H,11-12H2,1H3. The van der Waals surface area contributed by atoms with Gasteiger partial charge in [-0.2, -0.15) is 8.42 Å². The highest BCUT2D eigenvalue weighted by Gasteiger charge is 2.20. The SMILES string of the molecule is CNCCC(O)c1ccc2ccc(OS(=O)(=O)c3ccccc3)c(Br)c2n1. The van der Waals surface area contributed by atoms with Crippen molar-refractivity contribution >= 4 is 37.0 Å². The van der Waals surface area contributed by atoms with Crippen LogP contribution in [-0.4, -0.2) is 32.1 Å². The van der Waals surface area contributed by atoms with Crippen molar-refractivity contribution in [3.8, 4) is 5.75 Å². The molecule has 27 heavy (non-hydrogen) atoms. The Bertz CT molecular complexity index is 1040. The zero-order chi connectivity index (χ0) is 19.4. The molecule has 0 saturated carbocycles. The van der Waals surface area contributed by atoms with Crippen LogP contribution in [0.15, 0.2) is 64.0 Å². The summed E-state index contributed by atoms with van der Waals surface area (Å²) in [6.45, 7) is 0.653. The number of aliphatic hydroxyl groups is 1. The third-order valence-corrected chi connectivity index (χ3v) is 6.04. The Kier molecular flexibility index (Phi) is 6.11. The predicted molar refractivity (Wildman–Crippen MR) is 107 cm³/mol. The van der Waals surface area contributed by atoms with Crippen molar-refractivity contribution in [3.63, 3.8) is 0 Å². The maximum atomic E-state index is 12.5. The first-order valence-corrected chi connectivity index (χ1v) is 10.5. The fraction of sp³-hybridized carbons (Fsp3) is 0.211. The molecule has 2 aromatic carbocycles. The summed E-state index contributed by atoms with van der Waals surface area (Å²) >= 11 is 3.40. The molecule has 1 unspecified atom stereocenters. The number of hydrogen-bond acceptors (Lipinski definition) is 6. The Hall–Kier alpha value is -2.00. The topological polar surface area (TPSA) is 88.5 Å². The molecule has 1 heterocycles. The number of aliphatic hydroxyl groups excluding tert-OH is 1. The summed E-state index contributed by atoms with van der Waals surface area (Å²) in [7, 11) is -2.14. The van der Waals surface area contributed by atoms with Gasteiger partial charge in [0.05, 0.1) is 21.8 Å². The van der Waals surface area contributed by atoms with E-state index >= 15 is 0 Å². The molecule has 142 valence electrons. The van der Waals surface area contributed by atoms with Gasteiger partial charge in [-0.25, -0.2) is 4.98 Å². The molecule has 0 bridgehead atoms. The quantitative estimate of drug-likeness (QED) is 0.536. The van der Waals surface area contributed by atoms with Crippen molar-refractivity contribution < 1.29 is 17.7 Å². The molecule has 0 radical (unpaired) electrons. The molecule has 2 N–H and O–H groups in total. The molecule has 1 aromatic heterocycles. The van der Waals surface area contributed by atoms with E-state index in [9.17, 15) is 13.5 Å². The van der Waals surface area contributed by atoms with Gasteiger partial charge in [0.25, 0.3) is 0 Å². The van der Waals surface area contributed by atoms with Gasteiger partial charge in [-0.05, 0) is 66.3 Å². The Balaban J connectivity index is 1.96. The van der Waals surface area contributed by atoms with Crippen LogP contribution < -0.4 is 9.50 Å². The Labute approximate surface area is 166 Å². The van der Waals surface area contributed by atoms with Gasteiger partial charge in [-0.1, -0.05) is 24.3 Å². The summed E-state index contributed by atoms with van der Waals surface area (Å²) < 4.78 is 30.7. The van der Waals surface area contributed by atoms with Crippen LogP contribution in [0.1, 0.15) is 18.2 Å². The molecule has 0 amide bonds. The number of nitrogens with zero attached hydrogens (tertiary/aromatic N) is 1. The highest BCUT2D eigenvalue weighted by atomic mass is 79.9. The average Bonchev–Trinajstić information content (AvgIpc) is 2.68. The lowest BCUT2D eigenvalue weighted by Crippen LogP contribution is -2.13. The fourth-order valence-electron chi connectivity index (χ4n) is 2.58. The first-order valence-electron chi connectivity index (χ1n) is 8.34. The zero-order valence-corrected chi connectivity index (χ0v) is 17.0. The lowest BCUT2D eigenvalue weighted by molar-refractivity contribution is 0.163. The number of benzene rings is 2. The van der Waals surface area contributed by atoms with Gasteiger partial charge in [0.15, 0.2) is 5.75 Å². The predicted octanol–water partition coefficient (Wildman–Crippen LogP) is 3.41. The van der Waals surface area contributed by atoms with Crippen molar-refractivity contribution in [2.24, 2.45) is 0 Å². The van der Waals surface area contributed by atoms with E-state index in [0.29, 0.717) is 28.6 Å². The lowest BCUT2D eigenvalue weighted by Gasteiger charge is -2.13. The van der Waals surface area contributed by atoms with E-state index in [1.807, 2.05) is 13.1 Å². The van der Waals surface area contributed by atoms with Crippen LogP contribution in [-0.2, 0) is 10.1 Å². The monoisotopic (exact) mass is 450 g/mol. The minimum atomic E-state index is -3.96. The summed E-state index contributed by atoms with van der Waals surface area (Å²) in [5, 5.41) is 14.0. The van der Waals surface area contributed by atoms with Gasteiger partial charge >= 0.3 is 10.1 Å². The lowest BCUT2D eigenvalue weighted by atomic mass is 10.1. The van der Waals surface area contributed by atoms with Crippen LogP contribution in [0.4, 0.5) is 0 Å². The molecule has 6 nitrogen and oxygen atoms in total. The number of hydrogen-bond donors (Lipinski definition) is 2. The summed E-state index contributed by atoms with van der Waals surface area (Å²) in [6.07, 6.45) is -0.197. The van der Waals surface area contributed by atoms with Crippen LogP contribution in [0, 0.1) is 0 Å². The minimum Gasteiger partial charge on any atom is -0.387 e. The van der Waals surface area contributed by atoms with Gasteiger partial charge in [0, 0.05) is 5.39 Å². The number of rotatable bonds is 7. The zero-order valence-electron chi connectivity index (χ0n) is 14.6. The molecule has 0 aliphatic rings. The van der Waals surface area contributed by atoms with E-state index in [0.717, 1.165) is 5.39 Å². The van der Waals surface area contributed by atoms with Gasteiger partial charge in [-0.3, -0.25) is 0 Å². The number of nitrogens with one attached hydrogen (secondary N) is 1. The first kappa shape index (κ1) is 19.8. The highest BCUT2D eigenvalue weighted by molar-refractivity contribution is 9.10. The van der Waals surface area contributed by atoms with Crippen LogP contribution in [0.3, 0.4) is 0 Å². The summed E-state index contributed by atoms with van der Waals surface area (Å²) in [4.78, 5) is 4.56. The first-order chi connectivity index (χ1) is 12.9. The molecule has 0 aliphatic heterocycles. The van der Waals surface area contributed by atoms with Gasteiger partial charge in [0.1, 0.15) is 4.90 Å². The van der Waals surface area contributed by atoms with Gasteiger partial charge in [0.2, 0.25) is 0 Å². The third-order valence-electron chi connectivity index (χ3n) is 4.03. The largest absolute Gasteiger partial charge is 0.387 e. The van der Waals surface area contributed by atoms with Crippen molar-refractivity contribution in [2.75, 3.05) is 13.6 Å². The number of fused-ring (bicyclic) bond motifs is 1. The van der Waals surface area contributed by atoms with E-state index in [1.54, 1.807) is 36.4 Å². The van der Waals surface area contributed by atoms with Gasteiger partial charge in [-0.15, -0.1) is 0 Å². The van der Waals surface area contributed by atoms with E-state index < -0.39 is 16.2 Å². The van der Waals surface area contributed by atoms with Crippen molar-refractivity contribution in [1.82, 2.24) is 10.3 Å². The van der Waals surface area contributed by atoms with Crippen LogP contribution >= 0.6 is 15.9 Å². The van der Waals surface area contributed by atoms with E-state index in [2.05, 4.69) is 26.2 Å². The highest BCUT2D eigenvalue weighted by Crippen LogP contribution is 2.34. The van der Waals surface area contributed by atoms with Crippen molar-refractivity contribution in [1.29, 1.82) is 0 Å². The van der Waals surface area contributed by atoms with E-state index in [4.69, 9.17) is 4.18 Å². The molecule has 0 saturated heterocycles. The summed E-state index contributed by atoms with van der Waals surface area (Å²) in [5.74, 6) is 0.140. The minimum absolute atomic E-state index is 0.0706. The third kappa shape index (κ3) is 4.47. The normalized spacial score (nSPS) is 12.9. The van der Waals surface area contributed by atoms with Crippen molar-refractivity contribution in [3.05, 3.63) is 64.8 Å². The maximum Gasteiger partial charge on any atom is 0.339 e. The molecule has 1 atom stereocenters. The number of pyridine rings is 1. The second-order valence-corrected chi connectivity index (χ2v) is 8.28. The molecule has 8 heteroatoms. The summed E-state index contributed by atoms with van der Waals surface area (Å²) in [6, 6.07) is 14.8. The molecule has 3 rings (SSSR count). The summed E-state index contributed by atoms with van der Waals surface area (Å²) in [5.41, 5.74) is 1.04. The fourth-order valence-corrected chi connectivity index (χ4v) is 4.18. The Morgan fingerprint density at radius 2 is 1.85 bits per heavy atom. The van der Waals surface area contributed by atoms with Gasteiger partial charge < -0.3 is 14.6 Å². The Morgan fingerprint density at radius 1 is 1.15 bits per heavy atom. The second kappa shape index (κ2) is 8.35. The second-order valence-electron chi connectivity index (χ2n) is 5.94. The van der Waals surface area contributed by atoms with E-state index in [-0.39, 0.29) is 10.6 Å². The Morgan fingerprint density at radius 3 is 2.56 bits per heavy atom. The molecule has 3 aromatic rings. The van der Waals surface area contributed by atoms with Crippen LogP contribution in [0.5, 0.6) is 5.75 Å². The van der Waals surface area contributed by atoms with Crippen LogP contribution in [0.25, 0.3) is 10.9 Å². The molecular formula is C19H19BrN2O4S. The van der Waals surface area contributed by atoms with Crippen molar-refractivity contribution in [2.45, 2.75) is 17.4 Å². The molecule has 0 aliphatic carbocycles. The maximum absolute atomic E-state index is 12.5. The molecule has 0 spiro atoms. The molecular weight excluding hydrogens is 432 g/mol. The molecule has 0 fully saturated rings. The van der Waals surface area contributed by atoms with E-state index in [1.165, 1.54) is 12.1 Å². The smallest absolute Gasteiger partial charge is 0.339 e. The number of halogens is 1. The number of aromatic nitrogens is 1.